The van der Waals surface area contributed by atoms with E-state index in [2.05, 4.69) is 9.38 Å². The smallest absolute Gasteiger partial charge is 0.235 e. The highest BCUT2D eigenvalue weighted by molar-refractivity contribution is 7.90. The van der Waals surface area contributed by atoms with Gasteiger partial charge in [0.2, 0.25) is 0 Å². The van der Waals surface area contributed by atoms with Crippen LogP contribution in [0.2, 0.25) is 0 Å². The molecule has 0 saturated heterocycles. The van der Waals surface area contributed by atoms with Crippen molar-refractivity contribution in [3.63, 3.8) is 0 Å². The maximum absolute atomic E-state index is 12.5. The zero-order valence-corrected chi connectivity index (χ0v) is 15.1. The fraction of sp³-hybridized carbons (Fsp3) is 0.333. The van der Waals surface area contributed by atoms with Gasteiger partial charge < -0.3 is 0 Å². The fourth-order valence-electron chi connectivity index (χ4n) is 1.61. The predicted molar refractivity (Wildman–Crippen MR) is 91.5 cm³/mol. The maximum atomic E-state index is 12.5. The van der Waals surface area contributed by atoms with E-state index in [1.165, 1.54) is 18.7 Å². The number of aryl methyl sites for hydroxylation is 1. The van der Waals surface area contributed by atoms with Crippen LogP contribution in [0.5, 0.6) is 0 Å². The summed E-state index contributed by atoms with van der Waals surface area (Å²) >= 11 is 0. The van der Waals surface area contributed by atoms with Gasteiger partial charge in [0.1, 0.15) is 23.0 Å². The maximum Gasteiger partial charge on any atom is 0.268 e. The van der Waals surface area contributed by atoms with E-state index in [1.54, 1.807) is 45.0 Å². The van der Waals surface area contributed by atoms with Gasteiger partial charge >= 0.3 is 0 Å². The molecule has 2 rings (SSSR count). The first-order chi connectivity index (χ1) is 10.6. The van der Waals surface area contributed by atoms with E-state index < -0.39 is 25.8 Å². The molecule has 1 aromatic heterocycles. The summed E-state index contributed by atoms with van der Waals surface area (Å²) in [6, 6.07) is 6.57. The number of rotatable bonds is 4. The van der Waals surface area contributed by atoms with Crippen LogP contribution in [0.3, 0.4) is 0 Å². The van der Waals surface area contributed by atoms with Crippen LogP contribution < -0.4 is 0 Å². The van der Waals surface area contributed by atoms with E-state index in [0.717, 1.165) is 9.54 Å². The molecule has 0 N–H and O–H groups in total. The number of nitrogens with zero attached hydrogens (tertiary/aromatic N) is 3. The molecule has 1 heterocycles. The van der Waals surface area contributed by atoms with Crippen LogP contribution in [-0.4, -0.2) is 32.5 Å². The van der Waals surface area contributed by atoms with E-state index in [1.807, 2.05) is 6.92 Å². The summed E-state index contributed by atoms with van der Waals surface area (Å²) in [5.41, 5.74) is 1.31. The molecule has 0 spiro atoms. The first-order valence-electron chi connectivity index (χ1n) is 6.93. The molecule has 1 atom stereocenters. The lowest BCUT2D eigenvalue weighted by Gasteiger charge is -2.12. The van der Waals surface area contributed by atoms with Gasteiger partial charge in [0.15, 0.2) is 0 Å². The molecule has 0 radical (unpaired) electrons. The Morgan fingerprint density at radius 3 is 2.39 bits per heavy atom. The van der Waals surface area contributed by atoms with Crippen LogP contribution in [0.25, 0.3) is 0 Å². The Balaban J connectivity index is 2.27. The standard InChI is InChI=1S/C15H19N3O3S2/c1-12-5-7-14(8-6-12)23(20,21)18-10-13(16-11-18)9-17-22(19)15(2,3)4/h5-11H,1-4H3/b17-9+/t22-/m1/s1. The van der Waals surface area contributed by atoms with Crippen LogP contribution in [0.1, 0.15) is 32.0 Å². The second-order valence-corrected chi connectivity index (χ2v) is 9.82. The SMILES string of the molecule is Cc1ccc(S(=O)(=O)n2cnc(/C=N/[S@](=O)C(C)(C)C)c2)cc1. The molecule has 0 bridgehead atoms. The number of imidazole rings is 1. The number of aromatic nitrogens is 2. The van der Waals surface area contributed by atoms with Gasteiger partial charge in [-0.1, -0.05) is 17.7 Å². The molecule has 0 aliphatic heterocycles. The third-order valence-electron chi connectivity index (χ3n) is 2.98. The van der Waals surface area contributed by atoms with Crippen LogP contribution in [0.4, 0.5) is 0 Å². The van der Waals surface area contributed by atoms with Crippen LogP contribution >= 0.6 is 0 Å². The lowest BCUT2D eigenvalue weighted by molar-refractivity contribution is 0.587. The van der Waals surface area contributed by atoms with Crippen molar-refractivity contribution >= 4 is 27.2 Å². The second kappa shape index (κ2) is 6.37. The number of hydrogen-bond acceptors (Lipinski definition) is 4. The molecule has 6 nitrogen and oxygen atoms in total. The van der Waals surface area contributed by atoms with Crippen molar-refractivity contribution in [1.29, 1.82) is 0 Å². The van der Waals surface area contributed by atoms with Gasteiger partial charge in [0.25, 0.3) is 10.0 Å². The minimum absolute atomic E-state index is 0.183. The molecule has 0 aliphatic rings. The Labute approximate surface area is 138 Å². The zero-order chi connectivity index (χ0) is 17.3. The van der Waals surface area contributed by atoms with Gasteiger partial charge in [-0.15, -0.1) is 0 Å². The van der Waals surface area contributed by atoms with Crippen molar-refractivity contribution in [2.24, 2.45) is 4.40 Å². The van der Waals surface area contributed by atoms with E-state index in [-0.39, 0.29) is 4.90 Å². The third-order valence-corrected chi connectivity index (χ3v) is 5.95. The Bertz CT molecular complexity index is 845. The normalized spacial score (nSPS) is 14.3. The van der Waals surface area contributed by atoms with Crippen molar-refractivity contribution in [1.82, 2.24) is 8.96 Å². The minimum atomic E-state index is -3.69. The van der Waals surface area contributed by atoms with Gasteiger partial charge in [0.05, 0.1) is 15.9 Å². The number of hydrogen-bond donors (Lipinski definition) is 0. The highest BCUT2D eigenvalue weighted by atomic mass is 32.2. The Morgan fingerprint density at radius 2 is 1.83 bits per heavy atom. The van der Waals surface area contributed by atoms with E-state index in [4.69, 9.17) is 0 Å². The van der Waals surface area contributed by atoms with Crippen molar-refractivity contribution in [3.8, 4) is 0 Å². The molecule has 8 heteroatoms. The fourth-order valence-corrected chi connectivity index (χ4v) is 3.27. The molecule has 0 aliphatic carbocycles. The molecule has 0 amide bonds. The monoisotopic (exact) mass is 353 g/mol. The van der Waals surface area contributed by atoms with E-state index >= 15 is 0 Å². The van der Waals surface area contributed by atoms with Crippen molar-refractivity contribution in [3.05, 3.63) is 48.0 Å². The van der Waals surface area contributed by atoms with Gasteiger partial charge in [-0.25, -0.2) is 21.6 Å². The van der Waals surface area contributed by atoms with Crippen LogP contribution in [-0.2, 0) is 21.0 Å². The summed E-state index contributed by atoms with van der Waals surface area (Å²) in [7, 11) is -5.10. The lowest BCUT2D eigenvalue weighted by Crippen LogP contribution is -2.19. The summed E-state index contributed by atoms with van der Waals surface area (Å²) in [4.78, 5) is 4.16. The Kier molecular flexibility index (Phi) is 4.86. The minimum Gasteiger partial charge on any atom is -0.235 e. The molecule has 0 fully saturated rings. The molecular weight excluding hydrogens is 334 g/mol. The summed E-state index contributed by atoms with van der Waals surface area (Å²) in [6.45, 7) is 7.31. The zero-order valence-electron chi connectivity index (χ0n) is 13.4. The first kappa shape index (κ1) is 17.6. The van der Waals surface area contributed by atoms with Crippen LogP contribution in [0, 0.1) is 6.92 Å². The quantitative estimate of drug-likeness (QED) is 0.790. The van der Waals surface area contributed by atoms with Gasteiger partial charge in [0, 0.05) is 6.20 Å². The first-order valence-corrected chi connectivity index (χ1v) is 9.48. The molecule has 0 unspecified atom stereocenters. The molecular formula is C15H19N3O3S2. The van der Waals surface area contributed by atoms with E-state index in [0.29, 0.717) is 5.69 Å². The predicted octanol–water partition coefficient (Wildman–Crippen LogP) is 2.31. The highest BCUT2D eigenvalue weighted by Crippen LogP contribution is 2.15. The summed E-state index contributed by atoms with van der Waals surface area (Å²) in [6.07, 6.45) is 3.87. The van der Waals surface area contributed by atoms with Crippen molar-refractivity contribution < 1.29 is 12.6 Å². The Hall–Kier alpha value is -1.80. The third kappa shape index (κ3) is 4.14. The average molecular weight is 353 g/mol. The summed E-state index contributed by atoms with van der Waals surface area (Å²) in [5, 5.41) is 0. The van der Waals surface area contributed by atoms with Gasteiger partial charge in [-0.05, 0) is 39.8 Å². The summed E-state index contributed by atoms with van der Waals surface area (Å²) < 4.78 is 41.3. The molecule has 1 aromatic carbocycles. The van der Waals surface area contributed by atoms with Crippen molar-refractivity contribution in [2.45, 2.75) is 37.3 Å². The highest BCUT2D eigenvalue weighted by Gasteiger charge is 2.19. The molecule has 0 saturated carbocycles. The van der Waals surface area contributed by atoms with Gasteiger partial charge in [-0.3, -0.25) is 0 Å². The van der Waals surface area contributed by atoms with Crippen molar-refractivity contribution in [2.75, 3.05) is 0 Å². The molecule has 2 aromatic rings. The number of benzene rings is 1. The molecule has 23 heavy (non-hydrogen) atoms. The summed E-state index contributed by atoms with van der Waals surface area (Å²) in [5.74, 6) is 0. The van der Waals surface area contributed by atoms with E-state index in [9.17, 15) is 12.6 Å². The topological polar surface area (TPSA) is 81.4 Å². The van der Waals surface area contributed by atoms with Crippen LogP contribution in [0.15, 0.2) is 46.1 Å². The largest absolute Gasteiger partial charge is 0.268 e. The lowest BCUT2D eigenvalue weighted by atomic mass is 10.2. The molecule has 124 valence electrons. The Morgan fingerprint density at radius 1 is 1.22 bits per heavy atom. The average Bonchev–Trinajstić information content (AvgIpc) is 2.93. The van der Waals surface area contributed by atoms with Gasteiger partial charge in [-0.2, -0.15) is 4.40 Å². The second-order valence-electron chi connectivity index (χ2n) is 6.04.